The fraction of sp³-hybridized carbons (Fsp3) is 0.364. The monoisotopic (exact) mass is 480 g/mol. The smallest absolute Gasteiger partial charge is 0.242 e. The first-order valence-corrected chi connectivity index (χ1v) is 11.5. The number of nitrogens with one attached hydrogen (secondary N) is 1. The molecule has 170 valence electrons. The molecule has 6 nitrogen and oxygen atoms in total. The number of alkyl halides is 2. The van der Waals surface area contributed by atoms with Crippen molar-refractivity contribution in [1.29, 1.82) is 0 Å². The molecule has 0 bridgehead atoms. The Labute approximate surface area is 194 Å². The molecule has 4 rings (SSSR count). The molecule has 10 heteroatoms. The maximum atomic E-state index is 13.0. The Morgan fingerprint density at radius 3 is 2.94 bits per heavy atom. The van der Waals surface area contributed by atoms with Crippen LogP contribution in [-0.4, -0.2) is 65.7 Å². The van der Waals surface area contributed by atoms with Crippen LogP contribution in [0.25, 0.3) is 22.2 Å². The van der Waals surface area contributed by atoms with Crippen LogP contribution >= 0.6 is 23.5 Å². The van der Waals surface area contributed by atoms with Gasteiger partial charge in [0.25, 0.3) is 0 Å². The fourth-order valence-corrected chi connectivity index (χ4v) is 5.05. The minimum absolute atomic E-state index is 0.0165. The number of rotatable bonds is 8. The second-order valence-corrected chi connectivity index (χ2v) is 8.96. The molecule has 0 unspecified atom stereocenters. The Morgan fingerprint density at radius 2 is 2.19 bits per heavy atom. The summed E-state index contributed by atoms with van der Waals surface area (Å²) in [5.74, 6) is 0.822. The van der Waals surface area contributed by atoms with E-state index in [2.05, 4.69) is 9.97 Å². The lowest BCUT2D eigenvalue weighted by atomic mass is 10.0. The Kier molecular flexibility index (Phi) is 7.30. The van der Waals surface area contributed by atoms with Crippen LogP contribution in [0, 0.1) is 0 Å². The normalized spacial score (nSPS) is 15.3. The number of hydrogen-bond acceptors (Lipinski definition) is 5. The van der Waals surface area contributed by atoms with Crippen molar-refractivity contribution in [3.8, 4) is 11.1 Å². The lowest BCUT2D eigenvalue weighted by Crippen LogP contribution is -2.48. The highest BCUT2D eigenvalue weighted by molar-refractivity contribution is 7.97. The summed E-state index contributed by atoms with van der Waals surface area (Å²) < 4.78 is 33.0. The van der Waals surface area contributed by atoms with Crippen molar-refractivity contribution in [3.63, 3.8) is 0 Å². The molecule has 1 amide bonds. The number of hydrogen-bond donors (Lipinski definition) is 1. The molecule has 1 aromatic carbocycles. The van der Waals surface area contributed by atoms with E-state index >= 15 is 0 Å². The van der Waals surface area contributed by atoms with Gasteiger partial charge >= 0.3 is 0 Å². The molecule has 0 saturated carbocycles. The first-order valence-electron chi connectivity index (χ1n) is 10.2. The SMILES string of the molecule is COCCSN1CCN(c2cccc(-c3cnc4[nH]cc(CC(F)F)c4c3Cl)c2)C(=O)C1. The van der Waals surface area contributed by atoms with Gasteiger partial charge in [0.05, 0.1) is 18.2 Å². The highest BCUT2D eigenvalue weighted by Gasteiger charge is 2.26. The van der Waals surface area contributed by atoms with Crippen LogP contribution in [0.5, 0.6) is 0 Å². The van der Waals surface area contributed by atoms with Gasteiger partial charge in [0.1, 0.15) is 5.65 Å². The summed E-state index contributed by atoms with van der Waals surface area (Å²) in [5, 5.41) is 0.877. The van der Waals surface area contributed by atoms with E-state index in [4.69, 9.17) is 16.3 Å². The third-order valence-electron chi connectivity index (χ3n) is 5.31. The number of H-pyrrole nitrogens is 1. The second kappa shape index (κ2) is 10.2. The van der Waals surface area contributed by atoms with Crippen LogP contribution in [-0.2, 0) is 16.0 Å². The molecule has 1 N–H and O–H groups in total. The Balaban J connectivity index is 1.58. The highest BCUT2D eigenvalue weighted by Crippen LogP contribution is 2.37. The molecule has 1 saturated heterocycles. The number of piperazine rings is 1. The van der Waals surface area contributed by atoms with Crippen molar-refractivity contribution in [1.82, 2.24) is 14.3 Å². The average Bonchev–Trinajstić information content (AvgIpc) is 3.17. The minimum atomic E-state index is -2.48. The first kappa shape index (κ1) is 23.0. The molecule has 1 fully saturated rings. The zero-order valence-corrected chi connectivity index (χ0v) is 19.1. The number of methoxy groups -OCH3 is 1. The summed E-state index contributed by atoms with van der Waals surface area (Å²) in [7, 11) is 1.66. The number of carbonyl (C=O) groups excluding carboxylic acids is 1. The summed E-state index contributed by atoms with van der Waals surface area (Å²) in [5.41, 5.74) is 3.09. The van der Waals surface area contributed by atoms with E-state index in [0.717, 1.165) is 23.5 Å². The number of carbonyl (C=O) groups is 1. The van der Waals surface area contributed by atoms with Crippen molar-refractivity contribution in [2.24, 2.45) is 0 Å². The maximum Gasteiger partial charge on any atom is 0.242 e. The third kappa shape index (κ3) is 4.91. The number of fused-ring (bicyclic) bond motifs is 1. The van der Waals surface area contributed by atoms with Gasteiger partial charge in [-0.15, -0.1) is 0 Å². The molecular weight excluding hydrogens is 458 g/mol. The Hall–Kier alpha value is -2.20. The third-order valence-corrected chi connectivity index (χ3v) is 6.73. The van der Waals surface area contributed by atoms with Gasteiger partial charge in [0.2, 0.25) is 12.3 Å². The van der Waals surface area contributed by atoms with Crippen LogP contribution in [0.2, 0.25) is 5.02 Å². The average molecular weight is 481 g/mol. The Bertz CT molecular complexity index is 1110. The largest absolute Gasteiger partial charge is 0.384 e. The molecule has 3 aromatic rings. The van der Waals surface area contributed by atoms with Crippen molar-refractivity contribution >= 4 is 46.2 Å². The van der Waals surface area contributed by atoms with Crippen LogP contribution in [0.15, 0.2) is 36.7 Å². The molecule has 0 atom stereocenters. The number of benzene rings is 1. The molecule has 0 aliphatic carbocycles. The van der Waals surface area contributed by atoms with E-state index in [1.54, 1.807) is 30.2 Å². The topological polar surface area (TPSA) is 61.5 Å². The van der Waals surface area contributed by atoms with Crippen molar-refractivity contribution in [2.75, 3.05) is 44.0 Å². The van der Waals surface area contributed by atoms with Crippen LogP contribution in [0.3, 0.4) is 0 Å². The number of halogens is 3. The van der Waals surface area contributed by atoms with Crippen LogP contribution in [0.1, 0.15) is 5.56 Å². The van der Waals surface area contributed by atoms with Crippen LogP contribution < -0.4 is 4.90 Å². The zero-order valence-electron chi connectivity index (χ0n) is 17.5. The number of pyridine rings is 1. The summed E-state index contributed by atoms with van der Waals surface area (Å²) in [6.07, 6.45) is 0.276. The van der Waals surface area contributed by atoms with E-state index in [1.807, 2.05) is 28.6 Å². The van der Waals surface area contributed by atoms with E-state index in [9.17, 15) is 13.6 Å². The number of nitrogens with zero attached hydrogens (tertiary/aromatic N) is 3. The molecule has 3 heterocycles. The standard InChI is InChI=1S/C22H23ClF2N4O2S/c1-31-7-8-32-28-5-6-29(19(30)13-28)16-4-2-3-14(9-16)17-12-27-22-20(21(17)23)15(11-26-22)10-18(24)25/h2-4,9,11-12,18H,5-8,10,13H2,1H3,(H,26,27). The number of anilines is 1. The molecule has 32 heavy (non-hydrogen) atoms. The van der Waals surface area contributed by atoms with Gasteiger partial charge in [-0.25, -0.2) is 18.1 Å². The molecule has 0 spiro atoms. The lowest BCUT2D eigenvalue weighted by Gasteiger charge is -2.33. The predicted octanol–water partition coefficient (Wildman–Crippen LogP) is 4.63. The van der Waals surface area contributed by atoms with Gasteiger partial charge < -0.3 is 14.6 Å². The van der Waals surface area contributed by atoms with Crippen molar-refractivity contribution in [3.05, 3.63) is 47.2 Å². The number of ether oxygens (including phenoxy) is 1. The van der Waals surface area contributed by atoms with Gasteiger partial charge in [0.15, 0.2) is 0 Å². The number of aromatic amines is 1. The van der Waals surface area contributed by atoms with Gasteiger partial charge in [-0.2, -0.15) is 0 Å². The lowest BCUT2D eigenvalue weighted by molar-refractivity contribution is -0.119. The molecule has 1 aliphatic heterocycles. The minimum Gasteiger partial charge on any atom is -0.384 e. The predicted molar refractivity (Wildman–Crippen MR) is 125 cm³/mol. The van der Waals surface area contributed by atoms with Gasteiger partial charge in [-0.05, 0) is 23.3 Å². The molecule has 0 radical (unpaired) electrons. The first-order chi connectivity index (χ1) is 15.5. The van der Waals surface area contributed by atoms with E-state index in [1.165, 1.54) is 6.20 Å². The fourth-order valence-electron chi connectivity index (χ4n) is 3.77. The van der Waals surface area contributed by atoms with Crippen molar-refractivity contribution < 1.29 is 18.3 Å². The molecular formula is C22H23ClF2N4O2S. The quantitative estimate of drug-likeness (QED) is 0.376. The summed E-state index contributed by atoms with van der Waals surface area (Å²) in [6.45, 7) is 2.29. The van der Waals surface area contributed by atoms with Crippen LogP contribution in [0.4, 0.5) is 14.5 Å². The van der Waals surface area contributed by atoms with E-state index < -0.39 is 12.8 Å². The van der Waals surface area contributed by atoms with E-state index in [0.29, 0.717) is 46.9 Å². The second-order valence-electron chi connectivity index (χ2n) is 7.40. The number of amides is 1. The summed E-state index contributed by atoms with van der Waals surface area (Å²) in [4.78, 5) is 21.8. The van der Waals surface area contributed by atoms with Gasteiger partial charge in [-0.1, -0.05) is 35.7 Å². The van der Waals surface area contributed by atoms with Crippen molar-refractivity contribution in [2.45, 2.75) is 12.8 Å². The highest BCUT2D eigenvalue weighted by atomic mass is 35.5. The summed E-state index contributed by atoms with van der Waals surface area (Å²) >= 11 is 8.26. The zero-order chi connectivity index (χ0) is 22.7. The summed E-state index contributed by atoms with van der Waals surface area (Å²) in [6, 6.07) is 7.50. The molecule has 2 aromatic heterocycles. The van der Waals surface area contributed by atoms with E-state index in [-0.39, 0.29) is 5.91 Å². The van der Waals surface area contributed by atoms with Gasteiger partial charge in [-0.3, -0.25) is 4.79 Å². The maximum absolute atomic E-state index is 13.0. The Morgan fingerprint density at radius 1 is 1.34 bits per heavy atom. The van der Waals surface area contributed by atoms with Gasteiger partial charge in [0, 0.05) is 61.4 Å². The molecule has 1 aliphatic rings. The number of aromatic nitrogens is 2.